The molecule has 0 bridgehead atoms. The maximum absolute atomic E-state index is 9.76. The molecule has 0 saturated heterocycles. The Kier molecular flexibility index (Phi) is 5.43. The molecular formula is C10H23O2P. The maximum Gasteiger partial charge on any atom is 0.0888 e. The summed E-state index contributed by atoms with van der Waals surface area (Å²) < 4.78 is 0. The van der Waals surface area contributed by atoms with Gasteiger partial charge in [0.05, 0.1) is 12.2 Å². The SMILES string of the molecule is CC(C)P(CC(C)(O)CO)C(C)C. The highest BCUT2D eigenvalue weighted by molar-refractivity contribution is 7.59. The lowest BCUT2D eigenvalue weighted by atomic mass is 10.2. The number of hydrogen-bond acceptors (Lipinski definition) is 2. The van der Waals surface area contributed by atoms with E-state index in [1.165, 1.54) is 0 Å². The summed E-state index contributed by atoms with van der Waals surface area (Å²) >= 11 is 0. The van der Waals surface area contributed by atoms with E-state index >= 15 is 0 Å². The van der Waals surface area contributed by atoms with Gasteiger partial charge in [-0.1, -0.05) is 35.6 Å². The first-order chi connectivity index (χ1) is 5.80. The van der Waals surface area contributed by atoms with Gasteiger partial charge in [0.15, 0.2) is 0 Å². The zero-order chi connectivity index (χ0) is 10.6. The van der Waals surface area contributed by atoms with Crippen LogP contribution in [0.15, 0.2) is 0 Å². The molecule has 1 unspecified atom stereocenters. The average Bonchev–Trinajstić information content (AvgIpc) is 1.99. The smallest absolute Gasteiger partial charge is 0.0888 e. The fourth-order valence-electron chi connectivity index (χ4n) is 1.40. The van der Waals surface area contributed by atoms with E-state index in [4.69, 9.17) is 5.11 Å². The van der Waals surface area contributed by atoms with Gasteiger partial charge in [0, 0.05) is 0 Å². The van der Waals surface area contributed by atoms with Gasteiger partial charge >= 0.3 is 0 Å². The lowest BCUT2D eigenvalue weighted by molar-refractivity contribution is 0.0214. The van der Waals surface area contributed by atoms with Crippen molar-refractivity contribution in [3.8, 4) is 0 Å². The van der Waals surface area contributed by atoms with Crippen LogP contribution in [0.2, 0.25) is 0 Å². The van der Waals surface area contributed by atoms with Crippen LogP contribution in [0.3, 0.4) is 0 Å². The van der Waals surface area contributed by atoms with Crippen LogP contribution in [-0.4, -0.2) is 39.9 Å². The highest BCUT2D eigenvalue weighted by Gasteiger charge is 2.27. The van der Waals surface area contributed by atoms with Crippen molar-refractivity contribution in [2.75, 3.05) is 12.8 Å². The van der Waals surface area contributed by atoms with Gasteiger partial charge in [-0.2, -0.15) is 0 Å². The van der Waals surface area contributed by atoms with Crippen LogP contribution >= 0.6 is 7.92 Å². The third-order valence-electron chi connectivity index (χ3n) is 2.19. The molecule has 0 aliphatic carbocycles. The first-order valence-electron chi connectivity index (χ1n) is 4.89. The van der Waals surface area contributed by atoms with Gasteiger partial charge in [-0.3, -0.25) is 0 Å². The first-order valence-corrected chi connectivity index (χ1v) is 6.55. The number of aliphatic hydroxyl groups excluding tert-OH is 1. The Morgan fingerprint density at radius 1 is 1.15 bits per heavy atom. The summed E-state index contributed by atoms with van der Waals surface area (Å²) in [4.78, 5) is 0. The molecule has 0 radical (unpaired) electrons. The molecule has 0 rings (SSSR count). The van der Waals surface area contributed by atoms with Crippen molar-refractivity contribution < 1.29 is 10.2 Å². The van der Waals surface area contributed by atoms with Gasteiger partial charge in [-0.15, -0.1) is 0 Å². The van der Waals surface area contributed by atoms with Crippen LogP contribution in [0, 0.1) is 0 Å². The average molecular weight is 206 g/mol. The largest absolute Gasteiger partial charge is 0.393 e. The molecule has 0 aromatic rings. The lowest BCUT2D eigenvalue weighted by Crippen LogP contribution is -2.34. The molecule has 0 fully saturated rings. The van der Waals surface area contributed by atoms with Gasteiger partial charge in [0.2, 0.25) is 0 Å². The summed E-state index contributed by atoms with van der Waals surface area (Å²) in [5.41, 5.74) is 0.348. The van der Waals surface area contributed by atoms with E-state index in [9.17, 15) is 5.11 Å². The minimum absolute atomic E-state index is 0.134. The summed E-state index contributed by atoms with van der Waals surface area (Å²) in [5, 5.41) is 18.7. The predicted molar refractivity (Wildman–Crippen MR) is 59.8 cm³/mol. The molecule has 0 aromatic carbocycles. The minimum atomic E-state index is -0.889. The van der Waals surface area contributed by atoms with Crippen LogP contribution in [0.25, 0.3) is 0 Å². The van der Waals surface area contributed by atoms with E-state index in [1.807, 2.05) is 0 Å². The highest BCUT2D eigenvalue weighted by Crippen LogP contribution is 2.47. The quantitative estimate of drug-likeness (QED) is 0.676. The molecule has 2 nitrogen and oxygen atoms in total. The summed E-state index contributed by atoms with van der Waals surface area (Å²) in [6.45, 7) is 10.4. The molecule has 0 aliphatic rings. The Morgan fingerprint density at radius 3 is 1.77 bits per heavy atom. The van der Waals surface area contributed by atoms with Crippen LogP contribution in [0.1, 0.15) is 34.6 Å². The monoisotopic (exact) mass is 206 g/mol. The van der Waals surface area contributed by atoms with Crippen LogP contribution in [0.4, 0.5) is 0 Å². The second-order valence-corrected chi connectivity index (χ2v) is 7.93. The third-order valence-corrected chi connectivity index (χ3v) is 5.89. The number of aliphatic hydroxyl groups is 2. The van der Waals surface area contributed by atoms with E-state index in [0.717, 1.165) is 6.16 Å². The zero-order valence-electron chi connectivity index (χ0n) is 9.41. The Labute approximate surface area is 83.1 Å². The van der Waals surface area contributed by atoms with Crippen LogP contribution in [0.5, 0.6) is 0 Å². The Bertz CT molecular complexity index is 136. The Morgan fingerprint density at radius 2 is 1.54 bits per heavy atom. The Hall–Kier alpha value is 0.350. The minimum Gasteiger partial charge on any atom is -0.393 e. The van der Waals surface area contributed by atoms with E-state index < -0.39 is 5.60 Å². The van der Waals surface area contributed by atoms with Gasteiger partial charge < -0.3 is 10.2 Å². The standard InChI is InChI=1S/C10H23O2P/c1-8(2)13(9(3)4)7-10(5,12)6-11/h8-9,11-12H,6-7H2,1-5H3. The van der Waals surface area contributed by atoms with Crippen LogP contribution < -0.4 is 0 Å². The summed E-state index contributed by atoms with van der Waals surface area (Å²) in [7, 11) is -0.183. The molecule has 0 amide bonds. The normalized spacial score (nSPS) is 17.1. The van der Waals surface area contributed by atoms with E-state index in [1.54, 1.807) is 6.92 Å². The molecule has 1 atom stereocenters. The summed E-state index contributed by atoms with van der Waals surface area (Å²) in [5.74, 6) is 0. The second kappa shape index (κ2) is 5.29. The summed E-state index contributed by atoms with van der Waals surface area (Å²) in [6.07, 6.45) is 0.744. The molecule has 0 heterocycles. The van der Waals surface area contributed by atoms with Crippen molar-refractivity contribution in [3.63, 3.8) is 0 Å². The number of hydrogen-bond donors (Lipinski definition) is 2. The van der Waals surface area contributed by atoms with E-state index in [2.05, 4.69) is 27.7 Å². The second-order valence-electron chi connectivity index (χ2n) is 4.51. The molecule has 80 valence electrons. The Balaban J connectivity index is 4.26. The topological polar surface area (TPSA) is 40.5 Å². The molecule has 0 saturated carbocycles. The fourth-order valence-corrected chi connectivity index (χ4v) is 4.21. The fraction of sp³-hybridized carbons (Fsp3) is 1.00. The van der Waals surface area contributed by atoms with Gasteiger partial charge in [0.1, 0.15) is 0 Å². The summed E-state index contributed by atoms with van der Waals surface area (Å²) in [6, 6.07) is 0. The van der Waals surface area contributed by atoms with Crippen molar-refractivity contribution in [2.24, 2.45) is 0 Å². The lowest BCUT2D eigenvalue weighted by Gasteiger charge is -2.32. The molecule has 3 heteroatoms. The highest BCUT2D eigenvalue weighted by atomic mass is 31.1. The third kappa shape index (κ3) is 4.95. The van der Waals surface area contributed by atoms with Crippen molar-refractivity contribution in [1.82, 2.24) is 0 Å². The molecular weight excluding hydrogens is 183 g/mol. The maximum atomic E-state index is 9.76. The zero-order valence-corrected chi connectivity index (χ0v) is 10.3. The molecule has 0 aromatic heterocycles. The molecule has 2 N–H and O–H groups in total. The first kappa shape index (κ1) is 13.4. The van der Waals surface area contributed by atoms with Crippen molar-refractivity contribution in [2.45, 2.75) is 51.5 Å². The van der Waals surface area contributed by atoms with Gasteiger partial charge in [-0.05, 0) is 24.4 Å². The predicted octanol–water partition coefficient (Wildman–Crippen LogP) is 2.03. The molecule has 0 spiro atoms. The van der Waals surface area contributed by atoms with Gasteiger partial charge in [0.25, 0.3) is 0 Å². The van der Waals surface area contributed by atoms with Crippen molar-refractivity contribution >= 4 is 7.92 Å². The van der Waals surface area contributed by atoms with Crippen molar-refractivity contribution in [3.05, 3.63) is 0 Å². The van der Waals surface area contributed by atoms with Crippen LogP contribution in [-0.2, 0) is 0 Å². The molecule has 0 aliphatic heterocycles. The van der Waals surface area contributed by atoms with Crippen molar-refractivity contribution in [1.29, 1.82) is 0 Å². The van der Waals surface area contributed by atoms with E-state index in [0.29, 0.717) is 11.3 Å². The van der Waals surface area contributed by atoms with Gasteiger partial charge in [-0.25, -0.2) is 0 Å². The van der Waals surface area contributed by atoms with E-state index in [-0.39, 0.29) is 14.5 Å². The molecule has 13 heavy (non-hydrogen) atoms. The number of rotatable bonds is 5.